The molecule has 0 aliphatic rings. The molecule has 0 spiro atoms. The van der Waals surface area contributed by atoms with Crippen LogP contribution in [-0.4, -0.2) is 16.6 Å². The molecular weight excluding hydrogens is 256 g/mol. The number of thiocarbonyl (C=S) groups is 1. The van der Waals surface area contributed by atoms with E-state index in [1.165, 1.54) is 32.1 Å². The molecule has 1 aromatic heterocycles. The zero-order chi connectivity index (χ0) is 14.1. The lowest BCUT2D eigenvalue weighted by Crippen LogP contribution is -2.13. The number of rotatable bonds is 9. The first-order valence-electron chi connectivity index (χ1n) is 7.05. The summed E-state index contributed by atoms with van der Waals surface area (Å²) in [5, 5.41) is 0. The Kier molecular flexibility index (Phi) is 7.41. The summed E-state index contributed by atoms with van der Waals surface area (Å²) in [7, 11) is 0. The van der Waals surface area contributed by atoms with E-state index >= 15 is 0 Å². The largest absolute Gasteiger partial charge is 0.477 e. The molecule has 0 bridgehead atoms. The summed E-state index contributed by atoms with van der Waals surface area (Å²) in [5.41, 5.74) is 7.30. The Labute approximate surface area is 121 Å². The zero-order valence-electron chi connectivity index (χ0n) is 11.9. The lowest BCUT2D eigenvalue weighted by Gasteiger charge is -2.10. The highest BCUT2D eigenvalue weighted by Crippen LogP contribution is 2.16. The van der Waals surface area contributed by atoms with Crippen LogP contribution in [0.5, 0.6) is 5.88 Å². The molecule has 2 N–H and O–H groups in total. The lowest BCUT2D eigenvalue weighted by atomic mass is 10.1. The van der Waals surface area contributed by atoms with Crippen LogP contribution in [0.4, 0.5) is 0 Å². The van der Waals surface area contributed by atoms with Crippen LogP contribution < -0.4 is 10.5 Å². The molecule has 0 aliphatic carbocycles. The molecule has 0 radical (unpaired) electrons. The first-order chi connectivity index (χ1) is 9.15. The molecule has 0 atom stereocenters. The van der Waals surface area contributed by atoms with Gasteiger partial charge in [0.15, 0.2) is 0 Å². The third-order valence-electron chi connectivity index (χ3n) is 3.00. The van der Waals surface area contributed by atoms with Gasteiger partial charge in [-0.1, -0.05) is 51.2 Å². The molecule has 1 heterocycles. The Morgan fingerprint density at radius 2 is 1.89 bits per heavy atom. The van der Waals surface area contributed by atoms with Crippen LogP contribution in [0.3, 0.4) is 0 Å². The number of nitrogens with two attached hydrogens (primary N) is 1. The van der Waals surface area contributed by atoms with Gasteiger partial charge in [0.05, 0.1) is 12.2 Å². The molecule has 0 amide bonds. The fourth-order valence-electron chi connectivity index (χ4n) is 1.88. The van der Waals surface area contributed by atoms with E-state index in [0.717, 1.165) is 17.7 Å². The van der Waals surface area contributed by atoms with Gasteiger partial charge in [0.1, 0.15) is 4.99 Å². The Morgan fingerprint density at radius 1 is 1.21 bits per heavy atom. The van der Waals surface area contributed by atoms with E-state index in [1.807, 2.05) is 19.1 Å². The fourth-order valence-corrected chi connectivity index (χ4v) is 2.04. The van der Waals surface area contributed by atoms with Crippen LogP contribution in [0.1, 0.15) is 56.7 Å². The maximum Gasteiger partial charge on any atom is 0.223 e. The Morgan fingerprint density at radius 3 is 2.58 bits per heavy atom. The Balaban J connectivity index is 2.36. The van der Waals surface area contributed by atoms with Crippen molar-refractivity contribution in [3.8, 4) is 5.88 Å². The van der Waals surface area contributed by atoms with Gasteiger partial charge in [-0.3, -0.25) is 0 Å². The van der Waals surface area contributed by atoms with Gasteiger partial charge in [0, 0.05) is 5.69 Å². The molecule has 19 heavy (non-hydrogen) atoms. The standard InChI is InChI=1S/C15H24N2OS/c1-3-4-5-6-7-8-11-18-15-13(14(16)19)10-9-12(2)17-15/h9-10H,3-8,11H2,1-2H3,(H2,16,19). The van der Waals surface area contributed by atoms with Gasteiger partial charge in [-0.05, 0) is 25.5 Å². The van der Waals surface area contributed by atoms with E-state index < -0.39 is 0 Å². The molecule has 4 heteroatoms. The topological polar surface area (TPSA) is 48.1 Å². The van der Waals surface area contributed by atoms with Crippen molar-refractivity contribution in [1.82, 2.24) is 4.98 Å². The molecule has 0 aliphatic heterocycles. The third-order valence-corrected chi connectivity index (χ3v) is 3.22. The number of unbranched alkanes of at least 4 members (excludes halogenated alkanes) is 5. The van der Waals surface area contributed by atoms with Crippen molar-refractivity contribution in [2.24, 2.45) is 5.73 Å². The maximum atomic E-state index is 5.71. The van der Waals surface area contributed by atoms with Gasteiger partial charge < -0.3 is 10.5 Å². The summed E-state index contributed by atoms with van der Waals surface area (Å²) >= 11 is 5.00. The van der Waals surface area contributed by atoms with E-state index in [9.17, 15) is 0 Å². The number of nitrogens with zero attached hydrogens (tertiary/aromatic N) is 1. The minimum absolute atomic E-state index is 0.338. The summed E-state index contributed by atoms with van der Waals surface area (Å²) in [6, 6.07) is 3.77. The number of ether oxygens (including phenoxy) is 1. The van der Waals surface area contributed by atoms with Crippen molar-refractivity contribution in [3.05, 3.63) is 23.4 Å². The summed E-state index contributed by atoms with van der Waals surface area (Å²) in [6.45, 7) is 4.84. The number of hydrogen-bond acceptors (Lipinski definition) is 3. The van der Waals surface area contributed by atoms with Crippen LogP contribution in [0.15, 0.2) is 12.1 Å². The number of aromatic nitrogens is 1. The molecular formula is C15H24N2OS. The molecule has 0 saturated carbocycles. The second-order valence-electron chi connectivity index (χ2n) is 4.79. The predicted molar refractivity (Wildman–Crippen MR) is 83.7 cm³/mol. The molecule has 106 valence electrons. The van der Waals surface area contributed by atoms with E-state index in [1.54, 1.807) is 0 Å². The lowest BCUT2D eigenvalue weighted by molar-refractivity contribution is 0.292. The monoisotopic (exact) mass is 280 g/mol. The second-order valence-corrected chi connectivity index (χ2v) is 5.23. The minimum Gasteiger partial charge on any atom is -0.477 e. The minimum atomic E-state index is 0.338. The van der Waals surface area contributed by atoms with Crippen LogP contribution in [0.25, 0.3) is 0 Å². The molecule has 0 fully saturated rings. The highest BCUT2D eigenvalue weighted by molar-refractivity contribution is 7.80. The Hall–Kier alpha value is -1.16. The third kappa shape index (κ3) is 6.01. The molecule has 0 saturated heterocycles. The van der Waals surface area contributed by atoms with Crippen molar-refractivity contribution in [2.75, 3.05) is 6.61 Å². The van der Waals surface area contributed by atoms with E-state index in [4.69, 9.17) is 22.7 Å². The van der Waals surface area contributed by atoms with Crippen molar-refractivity contribution >= 4 is 17.2 Å². The van der Waals surface area contributed by atoms with Crippen LogP contribution in [0.2, 0.25) is 0 Å². The Bertz CT molecular complexity index is 407. The SMILES string of the molecule is CCCCCCCCOc1nc(C)ccc1C(N)=S. The zero-order valence-corrected chi connectivity index (χ0v) is 12.8. The van der Waals surface area contributed by atoms with Crippen molar-refractivity contribution in [2.45, 2.75) is 52.4 Å². The summed E-state index contributed by atoms with van der Waals surface area (Å²) < 4.78 is 5.71. The molecule has 3 nitrogen and oxygen atoms in total. The van der Waals surface area contributed by atoms with E-state index in [2.05, 4.69) is 11.9 Å². The molecule has 1 rings (SSSR count). The fraction of sp³-hybridized carbons (Fsp3) is 0.600. The van der Waals surface area contributed by atoms with Crippen molar-refractivity contribution < 1.29 is 4.74 Å². The van der Waals surface area contributed by atoms with Gasteiger partial charge in [0.25, 0.3) is 0 Å². The van der Waals surface area contributed by atoms with E-state index in [0.29, 0.717) is 17.5 Å². The predicted octanol–water partition coefficient (Wildman–Crippen LogP) is 3.76. The average Bonchev–Trinajstić information content (AvgIpc) is 2.37. The van der Waals surface area contributed by atoms with Gasteiger partial charge >= 0.3 is 0 Å². The highest BCUT2D eigenvalue weighted by Gasteiger charge is 2.08. The highest BCUT2D eigenvalue weighted by atomic mass is 32.1. The van der Waals surface area contributed by atoms with Gasteiger partial charge in [-0.25, -0.2) is 4.98 Å². The molecule has 0 aromatic carbocycles. The molecule has 0 unspecified atom stereocenters. The molecule has 1 aromatic rings. The first-order valence-corrected chi connectivity index (χ1v) is 7.46. The number of pyridine rings is 1. The smallest absolute Gasteiger partial charge is 0.223 e. The van der Waals surface area contributed by atoms with Crippen LogP contribution in [0, 0.1) is 6.92 Å². The number of aryl methyl sites for hydroxylation is 1. The van der Waals surface area contributed by atoms with Crippen molar-refractivity contribution in [3.63, 3.8) is 0 Å². The second kappa shape index (κ2) is 8.86. The number of hydrogen-bond donors (Lipinski definition) is 1. The summed E-state index contributed by atoms with van der Waals surface area (Å²) in [6.07, 6.45) is 7.45. The van der Waals surface area contributed by atoms with Gasteiger partial charge in [0.2, 0.25) is 5.88 Å². The van der Waals surface area contributed by atoms with Crippen LogP contribution >= 0.6 is 12.2 Å². The van der Waals surface area contributed by atoms with Gasteiger partial charge in [-0.15, -0.1) is 0 Å². The summed E-state index contributed by atoms with van der Waals surface area (Å²) in [5.74, 6) is 0.570. The summed E-state index contributed by atoms with van der Waals surface area (Å²) in [4.78, 5) is 4.69. The maximum absolute atomic E-state index is 5.71. The van der Waals surface area contributed by atoms with E-state index in [-0.39, 0.29) is 0 Å². The normalized spacial score (nSPS) is 10.4. The quantitative estimate of drug-likeness (QED) is 0.552. The van der Waals surface area contributed by atoms with Crippen LogP contribution in [-0.2, 0) is 0 Å². The van der Waals surface area contributed by atoms with Gasteiger partial charge in [-0.2, -0.15) is 0 Å². The van der Waals surface area contributed by atoms with Crippen molar-refractivity contribution in [1.29, 1.82) is 0 Å². The first kappa shape index (κ1) is 15.9. The average molecular weight is 280 g/mol.